The molecular weight excluding hydrogens is 444 g/mol. The second kappa shape index (κ2) is 11.6. The summed E-state index contributed by atoms with van der Waals surface area (Å²) in [4.78, 5) is 39.3. The molecule has 0 radical (unpaired) electrons. The number of amides is 3. The van der Waals surface area contributed by atoms with E-state index in [0.717, 1.165) is 16.8 Å². The number of carbonyl (C=O) groups is 3. The quantitative estimate of drug-likeness (QED) is 0.590. The smallest absolute Gasteiger partial charge is 0.410 e. The molecule has 0 aromatic heterocycles. The number of anilines is 1. The maximum atomic E-state index is 12.6. The number of para-hydroxylation sites is 1. The normalized spacial score (nSPS) is 13.3. The number of nitrogens with zero attached hydrogens (tertiary/aromatic N) is 3. The van der Waals surface area contributed by atoms with Crippen LogP contribution in [0.25, 0.3) is 0 Å². The van der Waals surface area contributed by atoms with Gasteiger partial charge in [0.05, 0.1) is 18.8 Å². The molecule has 0 unspecified atom stereocenters. The van der Waals surface area contributed by atoms with E-state index >= 15 is 0 Å². The van der Waals surface area contributed by atoms with Gasteiger partial charge in [-0.05, 0) is 44.9 Å². The first kappa shape index (κ1) is 25.9. The van der Waals surface area contributed by atoms with Gasteiger partial charge in [0, 0.05) is 31.5 Å². The van der Waals surface area contributed by atoms with Crippen molar-refractivity contribution in [3.05, 3.63) is 65.7 Å². The largest absolute Gasteiger partial charge is 0.444 e. The van der Waals surface area contributed by atoms with E-state index in [0.29, 0.717) is 31.7 Å². The molecule has 8 heteroatoms. The van der Waals surface area contributed by atoms with Crippen molar-refractivity contribution < 1.29 is 19.1 Å². The van der Waals surface area contributed by atoms with Gasteiger partial charge in [0.1, 0.15) is 5.60 Å². The molecule has 3 amide bonds. The Labute approximate surface area is 206 Å². The first-order chi connectivity index (χ1) is 16.7. The van der Waals surface area contributed by atoms with E-state index in [9.17, 15) is 14.4 Å². The summed E-state index contributed by atoms with van der Waals surface area (Å²) in [6.45, 7) is 8.63. The van der Waals surface area contributed by atoms with Crippen molar-refractivity contribution in [1.29, 1.82) is 0 Å². The average molecular weight is 479 g/mol. The predicted molar refractivity (Wildman–Crippen MR) is 136 cm³/mol. The second-order valence-corrected chi connectivity index (χ2v) is 9.38. The fraction of sp³-hybridized carbons (Fsp3) is 0.407. The van der Waals surface area contributed by atoms with Crippen LogP contribution in [0.5, 0.6) is 0 Å². The summed E-state index contributed by atoms with van der Waals surface area (Å²) in [5, 5.41) is 8.77. The summed E-state index contributed by atoms with van der Waals surface area (Å²) >= 11 is 0. The van der Waals surface area contributed by atoms with Crippen molar-refractivity contribution in [3.63, 3.8) is 0 Å². The molecule has 0 bridgehead atoms. The minimum absolute atomic E-state index is 0.0451. The van der Waals surface area contributed by atoms with Crippen molar-refractivity contribution in [3.8, 4) is 0 Å². The predicted octanol–water partition coefficient (Wildman–Crippen LogP) is 4.80. The monoisotopic (exact) mass is 478 g/mol. The number of rotatable bonds is 8. The van der Waals surface area contributed by atoms with Crippen molar-refractivity contribution in [2.45, 2.75) is 59.1 Å². The van der Waals surface area contributed by atoms with Gasteiger partial charge in [-0.3, -0.25) is 9.59 Å². The highest BCUT2D eigenvalue weighted by molar-refractivity contribution is 6.02. The molecule has 1 aliphatic rings. The molecule has 0 fully saturated rings. The van der Waals surface area contributed by atoms with E-state index in [4.69, 9.17) is 4.74 Å². The van der Waals surface area contributed by atoms with Crippen molar-refractivity contribution >= 4 is 29.3 Å². The van der Waals surface area contributed by atoms with Crippen LogP contribution in [0.2, 0.25) is 0 Å². The Morgan fingerprint density at radius 1 is 1.03 bits per heavy atom. The zero-order valence-corrected chi connectivity index (χ0v) is 20.9. The summed E-state index contributed by atoms with van der Waals surface area (Å²) < 4.78 is 5.48. The lowest BCUT2D eigenvalue weighted by Crippen LogP contribution is -2.36. The van der Waals surface area contributed by atoms with Crippen molar-refractivity contribution in [1.82, 2.24) is 9.91 Å². The van der Waals surface area contributed by atoms with Gasteiger partial charge in [-0.15, -0.1) is 0 Å². The van der Waals surface area contributed by atoms with Gasteiger partial charge in [-0.25, -0.2) is 9.80 Å². The van der Waals surface area contributed by atoms with E-state index in [1.165, 1.54) is 5.01 Å². The standard InChI is InChI=1S/C27H34N4O4/c1-5-30(26(34)35-27(2,3)4)19-21-13-9-10-14-22(21)28-24(32)15-16-25(33)31-18-17-23(29-31)20-11-7-6-8-12-20/h6-14H,5,15-19H2,1-4H3,(H,28,32). The van der Waals surface area contributed by atoms with Crippen LogP contribution in [0, 0.1) is 0 Å². The number of benzene rings is 2. The molecular formula is C27H34N4O4. The Hall–Kier alpha value is -3.68. The topological polar surface area (TPSA) is 91.3 Å². The fourth-order valence-corrected chi connectivity index (χ4v) is 3.65. The SMILES string of the molecule is CCN(Cc1ccccc1NC(=O)CCC(=O)N1CCC(c2ccccc2)=N1)C(=O)OC(C)(C)C. The highest BCUT2D eigenvalue weighted by Crippen LogP contribution is 2.20. The van der Waals surface area contributed by atoms with Gasteiger partial charge >= 0.3 is 6.09 Å². The molecule has 3 rings (SSSR count). The summed E-state index contributed by atoms with van der Waals surface area (Å²) in [7, 11) is 0. The third-order valence-corrected chi connectivity index (χ3v) is 5.45. The van der Waals surface area contributed by atoms with Crippen LogP contribution >= 0.6 is 0 Å². The summed E-state index contributed by atoms with van der Waals surface area (Å²) in [6, 6.07) is 17.1. The molecule has 1 heterocycles. The third kappa shape index (κ3) is 7.67. The van der Waals surface area contributed by atoms with Crippen LogP contribution in [0.15, 0.2) is 59.7 Å². The van der Waals surface area contributed by atoms with Crippen LogP contribution in [-0.4, -0.2) is 52.2 Å². The summed E-state index contributed by atoms with van der Waals surface area (Å²) in [5.74, 6) is -0.445. The van der Waals surface area contributed by atoms with Crippen LogP contribution in [-0.2, 0) is 20.9 Å². The van der Waals surface area contributed by atoms with Gasteiger partial charge < -0.3 is 15.0 Å². The van der Waals surface area contributed by atoms with Gasteiger partial charge in [0.15, 0.2) is 0 Å². The molecule has 0 saturated heterocycles. The van der Waals surface area contributed by atoms with Crippen molar-refractivity contribution in [2.75, 3.05) is 18.4 Å². The minimum Gasteiger partial charge on any atom is -0.444 e. The molecule has 186 valence electrons. The fourth-order valence-electron chi connectivity index (χ4n) is 3.65. The van der Waals surface area contributed by atoms with Gasteiger partial charge in [-0.1, -0.05) is 48.5 Å². The van der Waals surface area contributed by atoms with E-state index < -0.39 is 11.7 Å². The number of ether oxygens (including phenoxy) is 1. The molecule has 2 aromatic carbocycles. The lowest BCUT2D eigenvalue weighted by molar-refractivity contribution is -0.132. The first-order valence-electron chi connectivity index (χ1n) is 11.9. The number of hydrogen-bond donors (Lipinski definition) is 1. The Kier molecular flexibility index (Phi) is 8.63. The molecule has 0 atom stereocenters. The average Bonchev–Trinajstić information content (AvgIpc) is 3.32. The molecule has 2 aromatic rings. The molecule has 8 nitrogen and oxygen atoms in total. The molecule has 1 aliphatic heterocycles. The highest BCUT2D eigenvalue weighted by Gasteiger charge is 2.23. The first-order valence-corrected chi connectivity index (χ1v) is 11.9. The molecule has 35 heavy (non-hydrogen) atoms. The number of carbonyl (C=O) groups excluding carboxylic acids is 3. The number of nitrogens with one attached hydrogen (secondary N) is 1. The lowest BCUT2D eigenvalue weighted by Gasteiger charge is -2.27. The highest BCUT2D eigenvalue weighted by atomic mass is 16.6. The van der Waals surface area contributed by atoms with Crippen LogP contribution in [0.4, 0.5) is 10.5 Å². The van der Waals surface area contributed by atoms with Crippen molar-refractivity contribution in [2.24, 2.45) is 5.10 Å². The number of hydrazone groups is 1. The molecule has 0 saturated carbocycles. The molecule has 0 aliphatic carbocycles. The van der Waals surface area contributed by atoms with E-state index in [1.807, 2.05) is 76.2 Å². The second-order valence-electron chi connectivity index (χ2n) is 9.38. The molecule has 0 spiro atoms. The minimum atomic E-state index is -0.591. The zero-order valence-electron chi connectivity index (χ0n) is 20.9. The Balaban J connectivity index is 1.55. The Morgan fingerprint density at radius 2 is 1.71 bits per heavy atom. The zero-order chi connectivity index (χ0) is 25.4. The van der Waals surface area contributed by atoms with Crippen LogP contribution in [0.1, 0.15) is 58.1 Å². The van der Waals surface area contributed by atoms with Gasteiger partial charge in [0.2, 0.25) is 11.8 Å². The summed E-state index contributed by atoms with van der Waals surface area (Å²) in [6.07, 6.45) is 0.399. The maximum Gasteiger partial charge on any atom is 0.410 e. The number of hydrogen-bond acceptors (Lipinski definition) is 5. The molecule has 1 N–H and O–H groups in total. The van der Waals surface area contributed by atoms with Crippen LogP contribution < -0.4 is 5.32 Å². The third-order valence-electron chi connectivity index (χ3n) is 5.45. The Morgan fingerprint density at radius 3 is 2.40 bits per heavy atom. The van der Waals surface area contributed by atoms with Crippen LogP contribution in [0.3, 0.4) is 0 Å². The lowest BCUT2D eigenvalue weighted by atomic mass is 10.1. The summed E-state index contributed by atoms with van der Waals surface area (Å²) in [5.41, 5.74) is 2.69. The van der Waals surface area contributed by atoms with E-state index in [1.54, 1.807) is 11.0 Å². The van der Waals surface area contributed by atoms with Gasteiger partial charge in [0.25, 0.3) is 0 Å². The Bertz CT molecular complexity index is 1080. The maximum absolute atomic E-state index is 12.6. The van der Waals surface area contributed by atoms with E-state index in [-0.39, 0.29) is 24.7 Å². The van der Waals surface area contributed by atoms with Gasteiger partial charge in [-0.2, -0.15) is 5.10 Å². The van der Waals surface area contributed by atoms with E-state index in [2.05, 4.69) is 10.4 Å².